The van der Waals surface area contributed by atoms with E-state index in [-0.39, 0.29) is 11.8 Å². The summed E-state index contributed by atoms with van der Waals surface area (Å²) in [5.41, 5.74) is 6.21. The Kier molecular flexibility index (Phi) is 10.2. The molecular weight excluding hydrogens is 498 g/mol. The van der Waals surface area contributed by atoms with Crippen molar-refractivity contribution >= 4 is 17.5 Å². The van der Waals surface area contributed by atoms with E-state index in [1.165, 1.54) is 0 Å². The molecule has 0 atom stereocenters. The quantitative estimate of drug-likeness (QED) is 0.424. The average molecular weight is 544 g/mol. The lowest BCUT2D eigenvalue weighted by molar-refractivity contribution is -0.132. The highest BCUT2D eigenvalue weighted by Crippen LogP contribution is 2.25. The fraction of sp³-hybridized carbons (Fsp3) is 0.485. The first-order valence-electron chi connectivity index (χ1n) is 14.6. The largest absolute Gasteiger partial charge is 0.337 e. The lowest BCUT2D eigenvalue weighted by Gasteiger charge is -2.29. The molecule has 7 heteroatoms. The van der Waals surface area contributed by atoms with E-state index in [2.05, 4.69) is 36.8 Å². The van der Waals surface area contributed by atoms with Crippen LogP contribution >= 0.6 is 0 Å². The summed E-state index contributed by atoms with van der Waals surface area (Å²) in [7, 11) is 1.95. The first-order chi connectivity index (χ1) is 19.2. The van der Waals surface area contributed by atoms with Gasteiger partial charge in [0.05, 0.1) is 12.1 Å². The summed E-state index contributed by atoms with van der Waals surface area (Å²) in [6.45, 7) is 13.1. The van der Waals surface area contributed by atoms with Gasteiger partial charge < -0.3 is 14.7 Å². The Bertz CT molecular complexity index is 1280. The SMILES string of the molecule is Cc1nn(C)c(C)c1CCC(=O)N1CCN(CC(C)C)CCCN(C(=O)Cc2ccccc2)c2ccccc2C1. The summed E-state index contributed by atoms with van der Waals surface area (Å²) in [6, 6.07) is 18.0. The molecular formula is C33H45N5O2. The van der Waals surface area contributed by atoms with Crippen LogP contribution in [0.15, 0.2) is 54.6 Å². The van der Waals surface area contributed by atoms with Crippen LogP contribution in [0.1, 0.15) is 54.8 Å². The Morgan fingerprint density at radius 3 is 2.33 bits per heavy atom. The van der Waals surface area contributed by atoms with Crippen LogP contribution in [0.3, 0.4) is 0 Å². The van der Waals surface area contributed by atoms with Gasteiger partial charge in [-0.05, 0) is 61.9 Å². The van der Waals surface area contributed by atoms with Crippen LogP contribution < -0.4 is 4.90 Å². The minimum absolute atomic E-state index is 0.0914. The van der Waals surface area contributed by atoms with E-state index >= 15 is 0 Å². The predicted molar refractivity (Wildman–Crippen MR) is 161 cm³/mol. The van der Waals surface area contributed by atoms with Gasteiger partial charge in [0.25, 0.3) is 0 Å². The summed E-state index contributed by atoms with van der Waals surface area (Å²) in [4.78, 5) is 33.9. The topological polar surface area (TPSA) is 61.7 Å². The number of aromatic nitrogens is 2. The number of anilines is 1. The molecule has 2 aromatic carbocycles. The summed E-state index contributed by atoms with van der Waals surface area (Å²) < 4.78 is 1.89. The van der Waals surface area contributed by atoms with E-state index < -0.39 is 0 Å². The second kappa shape index (κ2) is 13.8. The van der Waals surface area contributed by atoms with Crippen molar-refractivity contribution in [3.8, 4) is 0 Å². The molecule has 1 aromatic heterocycles. The molecule has 0 N–H and O–H groups in total. The molecule has 0 aliphatic carbocycles. The number of carbonyl (C=O) groups excluding carboxylic acids is 2. The van der Waals surface area contributed by atoms with Crippen molar-refractivity contribution in [1.82, 2.24) is 19.6 Å². The van der Waals surface area contributed by atoms with Gasteiger partial charge in [-0.1, -0.05) is 62.4 Å². The van der Waals surface area contributed by atoms with Crippen molar-refractivity contribution < 1.29 is 9.59 Å². The number of para-hydroxylation sites is 1. The van der Waals surface area contributed by atoms with Gasteiger partial charge in [0.1, 0.15) is 0 Å². The highest BCUT2D eigenvalue weighted by Gasteiger charge is 2.24. The maximum Gasteiger partial charge on any atom is 0.231 e. The summed E-state index contributed by atoms with van der Waals surface area (Å²) in [6.07, 6.45) is 2.36. The van der Waals surface area contributed by atoms with Crippen molar-refractivity contribution in [3.05, 3.63) is 82.7 Å². The van der Waals surface area contributed by atoms with E-state index in [4.69, 9.17) is 0 Å². The standard InChI is InChI=1S/C33H45N5O2/c1-25(2)23-36-18-11-19-38(33(40)22-28-12-7-6-8-13-28)31-15-10-9-14-29(31)24-37(21-20-36)32(39)17-16-30-26(3)34-35(5)27(30)4/h6-10,12-15,25H,11,16-24H2,1-5H3. The molecule has 1 aliphatic rings. The maximum absolute atomic E-state index is 13.7. The number of nitrogens with zero attached hydrogens (tertiary/aromatic N) is 5. The van der Waals surface area contributed by atoms with Gasteiger partial charge in [-0.15, -0.1) is 0 Å². The van der Waals surface area contributed by atoms with Gasteiger partial charge >= 0.3 is 0 Å². The Balaban J connectivity index is 1.60. The lowest BCUT2D eigenvalue weighted by atomic mass is 10.1. The second-order valence-electron chi connectivity index (χ2n) is 11.5. The van der Waals surface area contributed by atoms with Crippen molar-refractivity contribution in [2.75, 3.05) is 37.6 Å². The van der Waals surface area contributed by atoms with Gasteiger partial charge in [0, 0.05) is 57.6 Å². The Labute approximate surface area is 239 Å². The lowest BCUT2D eigenvalue weighted by Crippen LogP contribution is -2.40. The molecule has 0 radical (unpaired) electrons. The van der Waals surface area contributed by atoms with Crippen molar-refractivity contribution in [3.63, 3.8) is 0 Å². The van der Waals surface area contributed by atoms with E-state index in [1.54, 1.807) is 0 Å². The number of amides is 2. The van der Waals surface area contributed by atoms with E-state index in [0.29, 0.717) is 44.8 Å². The highest BCUT2D eigenvalue weighted by atomic mass is 16.2. The average Bonchev–Trinajstić information content (AvgIpc) is 3.15. The molecule has 7 nitrogen and oxygen atoms in total. The third-order valence-electron chi connectivity index (χ3n) is 7.91. The van der Waals surface area contributed by atoms with E-state index in [1.807, 2.05) is 77.0 Å². The number of aryl methyl sites for hydroxylation is 2. The minimum atomic E-state index is 0.0914. The van der Waals surface area contributed by atoms with Crippen molar-refractivity contribution in [2.24, 2.45) is 13.0 Å². The number of rotatable bonds is 7. The Morgan fingerprint density at radius 2 is 1.62 bits per heavy atom. The molecule has 0 bridgehead atoms. The zero-order chi connectivity index (χ0) is 28.6. The maximum atomic E-state index is 13.7. The van der Waals surface area contributed by atoms with Crippen LogP contribution in [0.5, 0.6) is 0 Å². The third kappa shape index (κ3) is 7.60. The monoisotopic (exact) mass is 543 g/mol. The van der Waals surface area contributed by atoms with Crippen molar-refractivity contribution in [1.29, 1.82) is 0 Å². The van der Waals surface area contributed by atoms with Crippen LogP contribution in [-0.2, 0) is 36.0 Å². The van der Waals surface area contributed by atoms with Gasteiger partial charge in [-0.3, -0.25) is 14.3 Å². The number of fused-ring (bicyclic) bond motifs is 1. The molecule has 0 spiro atoms. The molecule has 40 heavy (non-hydrogen) atoms. The van der Waals surface area contributed by atoms with Gasteiger partial charge in [-0.25, -0.2) is 0 Å². The van der Waals surface area contributed by atoms with Crippen LogP contribution in [0.2, 0.25) is 0 Å². The highest BCUT2D eigenvalue weighted by molar-refractivity contribution is 5.95. The summed E-state index contributed by atoms with van der Waals surface area (Å²) >= 11 is 0. The number of hydrogen-bond donors (Lipinski definition) is 0. The predicted octanol–water partition coefficient (Wildman–Crippen LogP) is 4.94. The summed E-state index contributed by atoms with van der Waals surface area (Å²) in [5, 5.41) is 4.53. The summed E-state index contributed by atoms with van der Waals surface area (Å²) in [5.74, 6) is 0.760. The normalized spacial score (nSPS) is 15.2. The molecule has 0 saturated heterocycles. The molecule has 214 valence electrons. The molecule has 0 fully saturated rings. The van der Waals surface area contributed by atoms with Crippen LogP contribution in [-0.4, -0.2) is 64.1 Å². The first kappa shape index (κ1) is 29.5. The van der Waals surface area contributed by atoms with Crippen LogP contribution in [0.25, 0.3) is 0 Å². The molecule has 4 rings (SSSR count). The first-order valence-corrected chi connectivity index (χ1v) is 14.6. The molecule has 3 aromatic rings. The van der Waals surface area contributed by atoms with E-state index in [0.717, 1.165) is 59.8 Å². The van der Waals surface area contributed by atoms with Gasteiger partial charge in [0.15, 0.2) is 0 Å². The molecule has 0 saturated carbocycles. The zero-order valence-electron chi connectivity index (χ0n) is 24.9. The zero-order valence-corrected chi connectivity index (χ0v) is 24.9. The molecule has 1 aliphatic heterocycles. The van der Waals surface area contributed by atoms with Crippen LogP contribution in [0, 0.1) is 19.8 Å². The fourth-order valence-electron chi connectivity index (χ4n) is 5.75. The van der Waals surface area contributed by atoms with E-state index in [9.17, 15) is 9.59 Å². The second-order valence-corrected chi connectivity index (χ2v) is 11.5. The Hall–Kier alpha value is -3.45. The smallest absolute Gasteiger partial charge is 0.231 e. The Morgan fingerprint density at radius 1 is 0.900 bits per heavy atom. The molecule has 2 amide bonds. The number of carbonyl (C=O) groups is 2. The number of benzene rings is 2. The van der Waals surface area contributed by atoms with Crippen molar-refractivity contribution in [2.45, 2.75) is 59.9 Å². The van der Waals surface area contributed by atoms with Gasteiger partial charge in [0.2, 0.25) is 11.8 Å². The third-order valence-corrected chi connectivity index (χ3v) is 7.91. The minimum Gasteiger partial charge on any atom is -0.337 e. The van der Waals surface area contributed by atoms with Gasteiger partial charge in [-0.2, -0.15) is 5.10 Å². The molecule has 2 heterocycles. The number of hydrogen-bond acceptors (Lipinski definition) is 4. The van der Waals surface area contributed by atoms with Crippen LogP contribution in [0.4, 0.5) is 5.69 Å². The fourth-order valence-corrected chi connectivity index (χ4v) is 5.75. The molecule has 0 unspecified atom stereocenters.